The second kappa shape index (κ2) is 2.82. The van der Waals surface area contributed by atoms with Crippen molar-refractivity contribution in [3.8, 4) is 0 Å². The van der Waals surface area contributed by atoms with E-state index in [1.54, 1.807) is 11.3 Å². The van der Waals surface area contributed by atoms with Gasteiger partial charge in [0.2, 0.25) is 0 Å². The van der Waals surface area contributed by atoms with Crippen molar-refractivity contribution in [3.63, 3.8) is 0 Å². The summed E-state index contributed by atoms with van der Waals surface area (Å²) in [5.41, 5.74) is 3.59. The Kier molecular flexibility index (Phi) is 1.93. The molecule has 1 aromatic heterocycles. The van der Waals surface area contributed by atoms with Gasteiger partial charge in [0.15, 0.2) is 0 Å². The molecule has 1 atom stereocenters. The zero-order chi connectivity index (χ0) is 8.60. The van der Waals surface area contributed by atoms with E-state index >= 15 is 0 Å². The van der Waals surface area contributed by atoms with Crippen molar-refractivity contribution in [2.24, 2.45) is 5.41 Å². The molecule has 3 heteroatoms. The van der Waals surface area contributed by atoms with Gasteiger partial charge in [0.05, 0.1) is 17.2 Å². The van der Waals surface area contributed by atoms with Crippen LogP contribution in [0.3, 0.4) is 0 Å². The second-order valence-corrected chi connectivity index (χ2v) is 4.51. The quantitative estimate of drug-likeness (QED) is 0.775. The van der Waals surface area contributed by atoms with E-state index in [-0.39, 0.29) is 0 Å². The van der Waals surface area contributed by atoms with Crippen LogP contribution >= 0.6 is 11.3 Å². The molecule has 1 N–H and O–H groups in total. The number of hydrogen-bond donors (Lipinski definition) is 1. The summed E-state index contributed by atoms with van der Waals surface area (Å²) in [6, 6.07) is 0.462. The fourth-order valence-electron chi connectivity index (χ4n) is 1.70. The van der Waals surface area contributed by atoms with Gasteiger partial charge in [-0.05, 0) is 25.3 Å². The molecule has 0 aromatic carbocycles. The maximum Gasteiger partial charge on any atom is 0.0795 e. The highest BCUT2D eigenvalue weighted by molar-refractivity contribution is 7.07. The third-order valence-electron chi connectivity index (χ3n) is 2.77. The van der Waals surface area contributed by atoms with Gasteiger partial charge in [-0.2, -0.15) is 0 Å². The Hall–Kier alpha value is -0.410. The van der Waals surface area contributed by atoms with Crippen LogP contribution in [0.5, 0.6) is 0 Å². The van der Waals surface area contributed by atoms with Crippen molar-refractivity contribution in [2.75, 3.05) is 7.05 Å². The second-order valence-electron chi connectivity index (χ2n) is 3.79. The van der Waals surface area contributed by atoms with E-state index in [9.17, 15) is 0 Å². The normalized spacial score (nSPS) is 22.2. The lowest BCUT2D eigenvalue weighted by Crippen LogP contribution is -2.24. The van der Waals surface area contributed by atoms with Crippen molar-refractivity contribution >= 4 is 11.3 Å². The zero-order valence-electron chi connectivity index (χ0n) is 7.50. The van der Waals surface area contributed by atoms with E-state index < -0.39 is 0 Å². The molecule has 1 aliphatic rings. The largest absolute Gasteiger partial charge is 0.311 e. The molecule has 12 heavy (non-hydrogen) atoms. The Morgan fingerprint density at radius 2 is 2.42 bits per heavy atom. The van der Waals surface area contributed by atoms with Crippen molar-refractivity contribution in [2.45, 2.75) is 25.8 Å². The molecule has 0 spiro atoms. The van der Waals surface area contributed by atoms with Gasteiger partial charge < -0.3 is 5.32 Å². The van der Waals surface area contributed by atoms with Gasteiger partial charge in [0.25, 0.3) is 0 Å². The Morgan fingerprint density at radius 3 is 2.83 bits per heavy atom. The maximum absolute atomic E-state index is 4.35. The fraction of sp³-hybridized carbons (Fsp3) is 0.667. The highest BCUT2D eigenvalue weighted by Crippen LogP contribution is 2.54. The molecule has 0 saturated heterocycles. The first-order valence-corrected chi connectivity index (χ1v) is 5.26. The number of hydrogen-bond acceptors (Lipinski definition) is 3. The van der Waals surface area contributed by atoms with Crippen LogP contribution in [0.1, 0.15) is 31.5 Å². The predicted molar refractivity (Wildman–Crippen MR) is 51.3 cm³/mol. The van der Waals surface area contributed by atoms with Crippen LogP contribution in [-0.2, 0) is 0 Å². The summed E-state index contributed by atoms with van der Waals surface area (Å²) in [5, 5.41) is 5.49. The van der Waals surface area contributed by atoms with Gasteiger partial charge in [-0.15, -0.1) is 11.3 Å². The lowest BCUT2D eigenvalue weighted by molar-refractivity contribution is 0.384. The molecule has 0 bridgehead atoms. The molecular formula is C9H14N2S. The van der Waals surface area contributed by atoms with Crippen LogP contribution in [0.25, 0.3) is 0 Å². The molecule has 2 nitrogen and oxygen atoms in total. The van der Waals surface area contributed by atoms with Gasteiger partial charge in [0.1, 0.15) is 0 Å². The molecule has 0 amide bonds. The molecule has 0 aliphatic heterocycles. The summed E-state index contributed by atoms with van der Waals surface area (Å²) in [7, 11) is 2.02. The summed E-state index contributed by atoms with van der Waals surface area (Å²) in [5.74, 6) is 0. The van der Waals surface area contributed by atoms with Gasteiger partial charge in [-0.3, -0.25) is 0 Å². The minimum Gasteiger partial charge on any atom is -0.311 e. The molecule has 2 rings (SSSR count). The first kappa shape index (κ1) is 8.20. The zero-order valence-corrected chi connectivity index (χ0v) is 8.32. The van der Waals surface area contributed by atoms with Crippen LogP contribution in [0.4, 0.5) is 0 Å². The van der Waals surface area contributed by atoms with E-state index in [2.05, 4.69) is 22.6 Å². The third kappa shape index (κ3) is 1.27. The summed E-state index contributed by atoms with van der Waals surface area (Å²) in [6.07, 6.45) is 2.66. The SMILES string of the molecule is CNC(c1cscn1)C1(C)CC1. The number of aromatic nitrogens is 1. The lowest BCUT2D eigenvalue weighted by Gasteiger charge is -2.20. The lowest BCUT2D eigenvalue weighted by atomic mass is 9.97. The van der Waals surface area contributed by atoms with E-state index in [0.717, 1.165) is 0 Å². The minimum atomic E-state index is 0.462. The third-order valence-corrected chi connectivity index (χ3v) is 3.38. The molecule has 66 valence electrons. The Bertz CT molecular complexity index is 252. The molecule has 1 unspecified atom stereocenters. The molecule has 1 aliphatic carbocycles. The predicted octanol–water partition coefficient (Wildman–Crippen LogP) is 2.20. The molecule has 1 aromatic rings. The van der Waals surface area contributed by atoms with Gasteiger partial charge in [-0.25, -0.2) is 4.98 Å². The molecule has 1 heterocycles. The van der Waals surface area contributed by atoms with E-state index in [0.29, 0.717) is 11.5 Å². The fourth-order valence-corrected chi connectivity index (χ4v) is 2.28. The molecule has 1 saturated carbocycles. The van der Waals surface area contributed by atoms with Crippen molar-refractivity contribution in [1.29, 1.82) is 0 Å². The number of thiazole rings is 1. The Morgan fingerprint density at radius 1 is 1.67 bits per heavy atom. The Labute approximate surface area is 77.0 Å². The molecule has 1 fully saturated rings. The average molecular weight is 182 g/mol. The van der Waals surface area contributed by atoms with Crippen LogP contribution in [0.15, 0.2) is 10.9 Å². The van der Waals surface area contributed by atoms with Gasteiger partial charge >= 0.3 is 0 Å². The van der Waals surface area contributed by atoms with Crippen LogP contribution in [0.2, 0.25) is 0 Å². The molecular weight excluding hydrogens is 168 g/mol. The van der Waals surface area contributed by atoms with Crippen molar-refractivity contribution in [3.05, 3.63) is 16.6 Å². The van der Waals surface area contributed by atoms with E-state index in [4.69, 9.17) is 0 Å². The average Bonchev–Trinajstić information content (AvgIpc) is 2.63. The Balaban J connectivity index is 2.19. The number of nitrogens with one attached hydrogen (secondary N) is 1. The van der Waals surface area contributed by atoms with Crippen LogP contribution < -0.4 is 5.32 Å². The number of rotatable bonds is 3. The summed E-state index contributed by atoms with van der Waals surface area (Å²) < 4.78 is 0. The monoisotopic (exact) mass is 182 g/mol. The number of nitrogens with zero attached hydrogens (tertiary/aromatic N) is 1. The van der Waals surface area contributed by atoms with E-state index in [1.807, 2.05) is 12.6 Å². The van der Waals surface area contributed by atoms with Crippen LogP contribution in [0, 0.1) is 5.41 Å². The van der Waals surface area contributed by atoms with Gasteiger partial charge in [0, 0.05) is 5.38 Å². The van der Waals surface area contributed by atoms with Gasteiger partial charge in [-0.1, -0.05) is 6.92 Å². The van der Waals surface area contributed by atoms with Crippen molar-refractivity contribution < 1.29 is 0 Å². The van der Waals surface area contributed by atoms with Crippen LogP contribution in [-0.4, -0.2) is 12.0 Å². The van der Waals surface area contributed by atoms with E-state index in [1.165, 1.54) is 18.5 Å². The molecule has 0 radical (unpaired) electrons. The van der Waals surface area contributed by atoms with Crippen molar-refractivity contribution in [1.82, 2.24) is 10.3 Å². The summed E-state index contributed by atoms with van der Waals surface area (Å²) in [6.45, 7) is 2.33. The smallest absolute Gasteiger partial charge is 0.0795 e. The topological polar surface area (TPSA) is 24.9 Å². The first-order valence-electron chi connectivity index (χ1n) is 4.32. The highest BCUT2D eigenvalue weighted by atomic mass is 32.1. The summed E-state index contributed by atoms with van der Waals surface area (Å²) >= 11 is 1.68. The highest BCUT2D eigenvalue weighted by Gasteiger charge is 2.45. The summed E-state index contributed by atoms with van der Waals surface area (Å²) in [4.78, 5) is 4.35. The maximum atomic E-state index is 4.35. The minimum absolute atomic E-state index is 0.462. The first-order chi connectivity index (χ1) is 5.76. The standard InChI is InChI=1S/C9H14N2S/c1-9(3-4-9)8(10-2)7-5-12-6-11-7/h5-6,8,10H,3-4H2,1-2H3.